The van der Waals surface area contributed by atoms with E-state index >= 15 is 0 Å². The van der Waals surface area contributed by atoms with Crippen molar-refractivity contribution in [2.24, 2.45) is 0 Å². The molecule has 0 saturated carbocycles. The maximum absolute atomic E-state index is 9.98. The molecule has 1 unspecified atom stereocenters. The minimum absolute atomic E-state index is 0.323. The van der Waals surface area contributed by atoms with Crippen LogP contribution in [0.15, 0.2) is 78.9 Å². The van der Waals surface area contributed by atoms with Gasteiger partial charge in [-0.2, -0.15) is 0 Å². The molecule has 0 bridgehead atoms. The summed E-state index contributed by atoms with van der Waals surface area (Å²) in [5.41, 5.74) is 12.2. The maximum Gasteiger partial charge on any atom is 0.212 e. The molecule has 0 spiro atoms. The van der Waals surface area contributed by atoms with Crippen LogP contribution >= 0.6 is 9.03 Å². The molecule has 0 saturated heterocycles. The summed E-state index contributed by atoms with van der Waals surface area (Å²) >= 11 is 0. The first-order chi connectivity index (χ1) is 18.6. The molecular weight excluding hydrogens is 495 g/mol. The maximum atomic E-state index is 9.98. The largest absolute Gasteiger partial charge is 0.449 e. The van der Waals surface area contributed by atoms with Gasteiger partial charge in [-0.25, -0.2) is 0 Å². The van der Waals surface area contributed by atoms with Gasteiger partial charge in [-0.1, -0.05) is 128 Å². The molecule has 0 radical (unpaired) electrons. The standard InChI is InChI=1S/C36H43O2P/c1-22(2)27-14-16-30(32(20-27)24(5)6)35-29(26-12-10-9-11-13-26)18-19-34(38-39-37)36(35)31-17-15-28(23(3)4)21-33(31)25(7)8/h9-25,37,39H,1-8H3. The Labute approximate surface area is 237 Å². The molecule has 0 fully saturated rings. The summed E-state index contributed by atoms with van der Waals surface area (Å²) in [6, 6.07) is 28.6. The van der Waals surface area contributed by atoms with Gasteiger partial charge in [0.05, 0.1) is 0 Å². The van der Waals surface area contributed by atoms with Crippen LogP contribution in [0.4, 0.5) is 0 Å². The highest BCUT2D eigenvalue weighted by Gasteiger charge is 2.25. The third-order valence-corrected chi connectivity index (χ3v) is 7.99. The van der Waals surface area contributed by atoms with Gasteiger partial charge in [0.25, 0.3) is 0 Å². The first-order valence-corrected chi connectivity index (χ1v) is 15.1. The lowest BCUT2D eigenvalue weighted by Crippen LogP contribution is -2.03. The van der Waals surface area contributed by atoms with Crippen LogP contribution in [0.25, 0.3) is 33.4 Å². The van der Waals surface area contributed by atoms with Crippen molar-refractivity contribution in [1.82, 2.24) is 0 Å². The van der Waals surface area contributed by atoms with Crippen LogP contribution in [-0.2, 0) is 0 Å². The molecule has 0 heterocycles. The zero-order valence-corrected chi connectivity index (χ0v) is 25.7. The van der Waals surface area contributed by atoms with E-state index in [2.05, 4.69) is 128 Å². The predicted molar refractivity (Wildman–Crippen MR) is 170 cm³/mol. The number of hydrogen-bond acceptors (Lipinski definition) is 2. The SMILES string of the molecule is CC(C)c1ccc(-c2c(OPO)ccc(-c3ccccc3)c2-c2ccc(C(C)C)cc2C(C)C)c(C(C)C)c1. The minimum atomic E-state index is -0.634. The van der Waals surface area contributed by atoms with E-state index < -0.39 is 9.03 Å². The lowest BCUT2D eigenvalue weighted by molar-refractivity contribution is 0.515. The van der Waals surface area contributed by atoms with Crippen molar-refractivity contribution in [2.45, 2.75) is 79.1 Å². The average Bonchev–Trinajstić information content (AvgIpc) is 2.92. The Balaban J connectivity index is 2.19. The van der Waals surface area contributed by atoms with E-state index in [4.69, 9.17) is 4.52 Å². The van der Waals surface area contributed by atoms with Gasteiger partial charge < -0.3 is 9.42 Å². The van der Waals surface area contributed by atoms with Crippen LogP contribution in [0.3, 0.4) is 0 Å². The van der Waals surface area contributed by atoms with Gasteiger partial charge in [0.15, 0.2) is 0 Å². The second-order valence-electron chi connectivity index (χ2n) is 11.7. The van der Waals surface area contributed by atoms with E-state index in [0.717, 1.165) is 16.7 Å². The third-order valence-electron chi connectivity index (χ3n) is 7.67. The molecule has 0 aliphatic rings. The smallest absolute Gasteiger partial charge is 0.212 e. The molecule has 39 heavy (non-hydrogen) atoms. The van der Waals surface area contributed by atoms with Gasteiger partial charge in [-0.3, -0.25) is 0 Å². The van der Waals surface area contributed by atoms with Crippen molar-refractivity contribution in [3.63, 3.8) is 0 Å². The fourth-order valence-corrected chi connectivity index (χ4v) is 5.68. The van der Waals surface area contributed by atoms with Crippen LogP contribution in [-0.4, -0.2) is 4.89 Å². The van der Waals surface area contributed by atoms with E-state index in [1.54, 1.807) is 0 Å². The first-order valence-electron chi connectivity index (χ1n) is 14.2. The van der Waals surface area contributed by atoms with E-state index in [1.807, 2.05) is 6.07 Å². The first kappa shape index (κ1) is 29.1. The number of rotatable bonds is 9. The van der Waals surface area contributed by atoms with Crippen LogP contribution < -0.4 is 4.52 Å². The van der Waals surface area contributed by atoms with Crippen LogP contribution in [0.2, 0.25) is 0 Å². The summed E-state index contributed by atoms with van der Waals surface area (Å²) < 4.78 is 6.00. The molecule has 1 atom stereocenters. The van der Waals surface area contributed by atoms with Crippen molar-refractivity contribution in [3.8, 4) is 39.1 Å². The molecule has 2 nitrogen and oxygen atoms in total. The fraction of sp³-hybridized carbons (Fsp3) is 0.333. The molecule has 3 heteroatoms. The molecule has 1 N–H and O–H groups in total. The van der Waals surface area contributed by atoms with Gasteiger partial charge in [0.1, 0.15) is 5.75 Å². The molecular formula is C36H43O2P. The van der Waals surface area contributed by atoms with Crippen molar-refractivity contribution in [3.05, 3.63) is 101 Å². The topological polar surface area (TPSA) is 29.5 Å². The molecule has 0 aliphatic carbocycles. The molecule has 0 amide bonds. The highest BCUT2D eigenvalue weighted by atomic mass is 31.1. The number of benzene rings is 4. The van der Waals surface area contributed by atoms with E-state index in [9.17, 15) is 4.89 Å². The Morgan fingerprint density at radius 1 is 0.538 bits per heavy atom. The second kappa shape index (κ2) is 12.5. The normalized spacial score (nSPS) is 12.0. The molecule has 0 aliphatic heterocycles. The van der Waals surface area contributed by atoms with Gasteiger partial charge in [-0.05, 0) is 74.2 Å². The van der Waals surface area contributed by atoms with Gasteiger partial charge in [-0.15, -0.1) is 0 Å². The molecule has 0 aromatic heterocycles. The Bertz CT molecular complexity index is 1420. The molecule has 4 aromatic rings. The Kier molecular flexibility index (Phi) is 9.31. The van der Waals surface area contributed by atoms with Crippen LogP contribution in [0.5, 0.6) is 5.75 Å². The zero-order valence-electron chi connectivity index (χ0n) is 24.7. The van der Waals surface area contributed by atoms with Crippen molar-refractivity contribution in [1.29, 1.82) is 0 Å². The van der Waals surface area contributed by atoms with Crippen molar-refractivity contribution in [2.75, 3.05) is 0 Å². The summed E-state index contributed by atoms with van der Waals surface area (Å²) in [4.78, 5) is 9.98. The fourth-order valence-electron chi connectivity index (χ4n) is 5.41. The Morgan fingerprint density at radius 2 is 1.03 bits per heavy atom. The number of hydrogen-bond donors (Lipinski definition) is 1. The summed E-state index contributed by atoms with van der Waals surface area (Å²) in [6.07, 6.45) is 0. The second-order valence-corrected chi connectivity index (χ2v) is 12.1. The highest BCUT2D eigenvalue weighted by Crippen LogP contribution is 2.50. The van der Waals surface area contributed by atoms with E-state index in [1.165, 1.54) is 38.9 Å². The van der Waals surface area contributed by atoms with Gasteiger partial charge in [0.2, 0.25) is 9.03 Å². The van der Waals surface area contributed by atoms with Crippen LogP contribution in [0.1, 0.15) is 101 Å². The average molecular weight is 539 g/mol. The van der Waals surface area contributed by atoms with Gasteiger partial charge >= 0.3 is 0 Å². The lowest BCUT2D eigenvalue weighted by Gasteiger charge is -2.26. The Hall–Kier alpha value is -2.93. The van der Waals surface area contributed by atoms with Crippen LogP contribution in [0, 0.1) is 0 Å². The summed E-state index contributed by atoms with van der Waals surface area (Å²) in [6.45, 7) is 18.1. The quantitative estimate of drug-likeness (QED) is 0.215. The minimum Gasteiger partial charge on any atom is -0.449 e. The zero-order chi connectivity index (χ0) is 28.3. The monoisotopic (exact) mass is 538 g/mol. The summed E-state index contributed by atoms with van der Waals surface area (Å²) in [5, 5.41) is 0. The highest BCUT2D eigenvalue weighted by molar-refractivity contribution is 7.25. The molecule has 4 rings (SSSR count). The van der Waals surface area contributed by atoms with Crippen molar-refractivity contribution < 1.29 is 9.42 Å². The van der Waals surface area contributed by atoms with Gasteiger partial charge in [0, 0.05) is 11.1 Å². The third kappa shape index (κ3) is 6.13. The summed E-state index contributed by atoms with van der Waals surface area (Å²) in [7, 11) is -0.634. The van der Waals surface area contributed by atoms with Crippen molar-refractivity contribution >= 4 is 9.03 Å². The predicted octanol–water partition coefficient (Wildman–Crippen LogP) is 11.1. The van der Waals surface area contributed by atoms with E-state index in [-0.39, 0.29) is 0 Å². The molecule has 4 aromatic carbocycles. The molecule has 204 valence electrons. The van der Waals surface area contributed by atoms with E-state index in [0.29, 0.717) is 29.4 Å². The summed E-state index contributed by atoms with van der Waals surface area (Å²) in [5.74, 6) is 2.27. The lowest BCUT2D eigenvalue weighted by atomic mass is 9.79. The Morgan fingerprint density at radius 3 is 1.49 bits per heavy atom.